The van der Waals surface area contributed by atoms with Crippen LogP contribution in [0.1, 0.15) is 20.8 Å². The normalized spacial score (nSPS) is 10.4. The summed E-state index contributed by atoms with van der Waals surface area (Å²) >= 11 is 10.5. The monoisotopic (exact) mass is 314 g/mol. The first-order valence-electron chi connectivity index (χ1n) is 4.65. The zero-order valence-corrected chi connectivity index (χ0v) is 11.4. The van der Waals surface area contributed by atoms with E-state index in [0.29, 0.717) is 14.8 Å². The van der Waals surface area contributed by atoms with Gasteiger partial charge in [-0.1, -0.05) is 51.8 Å². The van der Waals surface area contributed by atoms with Crippen LogP contribution in [0.5, 0.6) is 0 Å². The Kier molecular flexibility index (Phi) is 3.79. The number of hydrogen-bond donors (Lipinski definition) is 0. The molecule has 16 heavy (non-hydrogen) atoms. The number of alkyl halides is 1. The molecular weight excluding hydrogens is 308 g/mol. The number of thiophene rings is 1. The van der Waals surface area contributed by atoms with Crippen LogP contribution >= 0.6 is 38.9 Å². The average molecular weight is 316 g/mol. The van der Waals surface area contributed by atoms with E-state index < -0.39 is 0 Å². The Morgan fingerprint density at radius 1 is 1.19 bits per heavy atom. The van der Waals surface area contributed by atoms with Gasteiger partial charge in [0.2, 0.25) is 5.78 Å². The van der Waals surface area contributed by atoms with Crippen LogP contribution in [0.2, 0.25) is 4.34 Å². The highest BCUT2D eigenvalue weighted by Gasteiger charge is 2.10. The Morgan fingerprint density at radius 3 is 2.38 bits per heavy atom. The lowest BCUT2D eigenvalue weighted by Gasteiger charge is -1.99. The number of hydrogen-bond acceptors (Lipinski definition) is 2. The molecule has 1 heterocycles. The van der Waals surface area contributed by atoms with Gasteiger partial charge in [-0.15, -0.1) is 11.3 Å². The summed E-state index contributed by atoms with van der Waals surface area (Å²) in [5, 5.41) is 0.798. The minimum Gasteiger partial charge on any atom is -0.288 e. The molecule has 0 atom stereocenters. The molecule has 4 heteroatoms. The highest BCUT2D eigenvalue weighted by atomic mass is 79.9. The number of ketones is 1. The number of carbonyl (C=O) groups is 1. The Bertz CT molecular complexity index is 504. The topological polar surface area (TPSA) is 17.1 Å². The van der Waals surface area contributed by atoms with Crippen molar-refractivity contribution in [2.75, 3.05) is 0 Å². The lowest BCUT2D eigenvalue weighted by atomic mass is 10.1. The smallest absolute Gasteiger partial charge is 0.202 e. The molecule has 0 bridgehead atoms. The maximum atomic E-state index is 12.0. The molecule has 2 aromatic rings. The summed E-state index contributed by atoms with van der Waals surface area (Å²) in [4.78, 5) is 12.7. The summed E-state index contributed by atoms with van der Waals surface area (Å²) in [6.45, 7) is 0. The van der Waals surface area contributed by atoms with E-state index in [1.54, 1.807) is 12.1 Å². The van der Waals surface area contributed by atoms with Crippen LogP contribution in [-0.4, -0.2) is 5.78 Å². The van der Waals surface area contributed by atoms with Crippen molar-refractivity contribution in [2.45, 2.75) is 5.33 Å². The second-order valence-corrected chi connectivity index (χ2v) is 5.54. The predicted octanol–water partition coefficient (Wildman–Crippen LogP) is 4.53. The first-order valence-corrected chi connectivity index (χ1v) is 6.97. The summed E-state index contributed by atoms with van der Waals surface area (Å²) < 4.78 is 0.639. The van der Waals surface area contributed by atoms with Crippen molar-refractivity contribution in [3.63, 3.8) is 0 Å². The Hall–Kier alpha value is -0.640. The average Bonchev–Trinajstić information content (AvgIpc) is 2.75. The first kappa shape index (κ1) is 11.8. The molecular formula is C12H8BrClOS. The summed E-state index contributed by atoms with van der Waals surface area (Å²) in [5.74, 6) is 0.0259. The highest BCUT2D eigenvalue weighted by Crippen LogP contribution is 2.24. The van der Waals surface area contributed by atoms with Gasteiger partial charge in [-0.25, -0.2) is 0 Å². The summed E-state index contributed by atoms with van der Waals surface area (Å²) in [6.07, 6.45) is 0. The van der Waals surface area contributed by atoms with Gasteiger partial charge in [0.05, 0.1) is 9.21 Å². The SMILES string of the molecule is O=C(c1ccc(CBr)cc1)c1ccc(Cl)s1. The van der Waals surface area contributed by atoms with Crippen molar-refractivity contribution in [2.24, 2.45) is 0 Å². The second kappa shape index (κ2) is 5.13. The van der Waals surface area contributed by atoms with Gasteiger partial charge in [0.15, 0.2) is 0 Å². The van der Waals surface area contributed by atoms with E-state index in [9.17, 15) is 4.79 Å². The van der Waals surface area contributed by atoms with Crippen molar-refractivity contribution in [3.8, 4) is 0 Å². The molecule has 1 aromatic heterocycles. The van der Waals surface area contributed by atoms with E-state index in [1.165, 1.54) is 11.3 Å². The van der Waals surface area contributed by atoms with Crippen LogP contribution in [0, 0.1) is 0 Å². The molecule has 0 unspecified atom stereocenters. The van der Waals surface area contributed by atoms with Gasteiger partial charge >= 0.3 is 0 Å². The van der Waals surface area contributed by atoms with Crippen LogP contribution in [-0.2, 0) is 5.33 Å². The molecule has 2 rings (SSSR count). The number of halogens is 2. The molecule has 0 aliphatic rings. The fourth-order valence-corrected chi connectivity index (χ4v) is 2.70. The molecule has 0 saturated carbocycles. The quantitative estimate of drug-likeness (QED) is 0.601. The third-order valence-electron chi connectivity index (χ3n) is 2.17. The predicted molar refractivity (Wildman–Crippen MR) is 71.8 cm³/mol. The van der Waals surface area contributed by atoms with E-state index in [2.05, 4.69) is 15.9 Å². The maximum absolute atomic E-state index is 12.0. The number of benzene rings is 1. The van der Waals surface area contributed by atoms with E-state index in [0.717, 1.165) is 10.9 Å². The van der Waals surface area contributed by atoms with Crippen molar-refractivity contribution >= 4 is 44.7 Å². The standard InChI is InChI=1S/C12H8BrClOS/c13-7-8-1-3-9(4-2-8)12(15)10-5-6-11(14)16-10/h1-6H,7H2. The second-order valence-electron chi connectivity index (χ2n) is 3.26. The van der Waals surface area contributed by atoms with Crippen LogP contribution in [0.25, 0.3) is 0 Å². The molecule has 0 fully saturated rings. The first-order chi connectivity index (χ1) is 7.70. The molecule has 82 valence electrons. The third-order valence-corrected chi connectivity index (χ3v) is 4.04. The molecule has 0 saturated heterocycles. The van der Waals surface area contributed by atoms with Gasteiger partial charge in [-0.2, -0.15) is 0 Å². The molecule has 0 N–H and O–H groups in total. The van der Waals surface area contributed by atoms with E-state index in [-0.39, 0.29) is 5.78 Å². The lowest BCUT2D eigenvalue weighted by molar-refractivity contribution is 0.104. The van der Waals surface area contributed by atoms with Crippen LogP contribution in [0.15, 0.2) is 36.4 Å². The van der Waals surface area contributed by atoms with Gasteiger partial charge in [-0.05, 0) is 17.7 Å². The van der Waals surface area contributed by atoms with Crippen molar-refractivity contribution < 1.29 is 4.79 Å². The number of rotatable bonds is 3. The highest BCUT2D eigenvalue weighted by molar-refractivity contribution is 9.08. The number of carbonyl (C=O) groups excluding carboxylic acids is 1. The lowest BCUT2D eigenvalue weighted by Crippen LogP contribution is -1.98. The van der Waals surface area contributed by atoms with Gasteiger partial charge < -0.3 is 0 Å². The summed E-state index contributed by atoms with van der Waals surface area (Å²) in [7, 11) is 0. The van der Waals surface area contributed by atoms with Crippen molar-refractivity contribution in [3.05, 3.63) is 56.7 Å². The fraction of sp³-hybridized carbons (Fsp3) is 0.0833. The molecule has 1 nitrogen and oxygen atoms in total. The van der Waals surface area contributed by atoms with Gasteiger partial charge in [-0.3, -0.25) is 4.79 Å². The Labute approximate surface area is 111 Å². The Balaban J connectivity index is 2.27. The zero-order chi connectivity index (χ0) is 11.5. The molecule has 0 amide bonds. The minimum absolute atomic E-state index is 0.0259. The minimum atomic E-state index is 0.0259. The molecule has 0 aliphatic carbocycles. The summed E-state index contributed by atoms with van der Waals surface area (Å²) in [6, 6.07) is 11.1. The molecule has 0 radical (unpaired) electrons. The zero-order valence-electron chi connectivity index (χ0n) is 8.24. The van der Waals surface area contributed by atoms with Gasteiger partial charge in [0.25, 0.3) is 0 Å². The van der Waals surface area contributed by atoms with E-state index >= 15 is 0 Å². The van der Waals surface area contributed by atoms with Crippen molar-refractivity contribution in [1.29, 1.82) is 0 Å². The summed E-state index contributed by atoms with van der Waals surface area (Å²) in [5.41, 5.74) is 1.85. The Morgan fingerprint density at radius 2 is 1.88 bits per heavy atom. The van der Waals surface area contributed by atoms with Gasteiger partial charge in [0, 0.05) is 10.9 Å². The van der Waals surface area contributed by atoms with Crippen LogP contribution < -0.4 is 0 Å². The largest absolute Gasteiger partial charge is 0.288 e. The molecule has 0 aliphatic heterocycles. The molecule has 1 aromatic carbocycles. The van der Waals surface area contributed by atoms with Crippen LogP contribution in [0.3, 0.4) is 0 Å². The van der Waals surface area contributed by atoms with E-state index in [4.69, 9.17) is 11.6 Å². The maximum Gasteiger partial charge on any atom is 0.202 e. The van der Waals surface area contributed by atoms with Gasteiger partial charge in [0.1, 0.15) is 0 Å². The molecule has 0 spiro atoms. The van der Waals surface area contributed by atoms with E-state index in [1.807, 2.05) is 24.3 Å². The van der Waals surface area contributed by atoms with Crippen molar-refractivity contribution in [1.82, 2.24) is 0 Å². The third kappa shape index (κ3) is 2.54. The fourth-order valence-electron chi connectivity index (χ4n) is 1.32. The van der Waals surface area contributed by atoms with Crippen LogP contribution in [0.4, 0.5) is 0 Å².